The first kappa shape index (κ1) is 14.5. The van der Waals surface area contributed by atoms with Gasteiger partial charge in [0.15, 0.2) is 11.5 Å². The normalized spacial score (nSPS) is 23.9. The number of aliphatic hydroxyl groups is 1. The Balaban J connectivity index is 1.64. The zero-order valence-electron chi connectivity index (χ0n) is 11.6. The molecule has 2 unspecified atom stereocenters. The highest BCUT2D eigenvalue weighted by molar-refractivity contribution is 6.32. The molecule has 0 saturated heterocycles. The summed E-state index contributed by atoms with van der Waals surface area (Å²) in [5.74, 6) is 0.890. The van der Waals surface area contributed by atoms with Gasteiger partial charge in [-0.05, 0) is 25.0 Å². The Bertz CT molecular complexity index is 549. The minimum atomic E-state index is -0.320. The van der Waals surface area contributed by atoms with Gasteiger partial charge in [-0.15, -0.1) is 0 Å². The van der Waals surface area contributed by atoms with Crippen LogP contribution in [0.1, 0.15) is 36.0 Å². The smallest absolute Gasteiger partial charge is 0.251 e. The molecule has 5 nitrogen and oxygen atoms in total. The minimum Gasteiger partial charge on any atom is -0.454 e. The van der Waals surface area contributed by atoms with Crippen LogP contribution < -0.4 is 14.8 Å². The van der Waals surface area contributed by atoms with Crippen molar-refractivity contribution in [2.24, 2.45) is 5.92 Å². The Morgan fingerprint density at radius 1 is 1.33 bits per heavy atom. The molecule has 0 spiro atoms. The highest BCUT2D eigenvalue weighted by Gasteiger charge is 2.24. The molecule has 114 valence electrons. The summed E-state index contributed by atoms with van der Waals surface area (Å²) in [4.78, 5) is 12.2. The van der Waals surface area contributed by atoms with Gasteiger partial charge in [0.2, 0.25) is 6.79 Å². The lowest BCUT2D eigenvalue weighted by atomic mass is 9.86. The largest absolute Gasteiger partial charge is 0.454 e. The molecule has 0 radical (unpaired) electrons. The summed E-state index contributed by atoms with van der Waals surface area (Å²) < 4.78 is 10.5. The van der Waals surface area contributed by atoms with Gasteiger partial charge in [0.05, 0.1) is 11.1 Å². The van der Waals surface area contributed by atoms with Crippen LogP contribution in [0, 0.1) is 5.92 Å². The topological polar surface area (TPSA) is 67.8 Å². The summed E-state index contributed by atoms with van der Waals surface area (Å²) in [5.41, 5.74) is 0.439. The second-order valence-corrected chi connectivity index (χ2v) is 5.92. The van der Waals surface area contributed by atoms with Crippen LogP contribution in [0.25, 0.3) is 0 Å². The fraction of sp³-hybridized carbons (Fsp3) is 0.533. The second-order valence-electron chi connectivity index (χ2n) is 5.51. The maximum atomic E-state index is 12.2. The molecule has 0 bridgehead atoms. The maximum Gasteiger partial charge on any atom is 0.251 e. The standard InChI is InChI=1S/C15H18ClNO4/c16-11-5-10(6-13-14(11)21-8-20-13)15(19)17-7-9-3-1-2-4-12(9)18/h5-6,9,12,18H,1-4,7-8H2,(H,17,19). The van der Waals surface area contributed by atoms with Crippen molar-refractivity contribution in [3.63, 3.8) is 0 Å². The van der Waals surface area contributed by atoms with Gasteiger partial charge < -0.3 is 19.9 Å². The predicted molar refractivity (Wildman–Crippen MR) is 77.9 cm³/mol. The van der Waals surface area contributed by atoms with Gasteiger partial charge >= 0.3 is 0 Å². The number of hydrogen-bond donors (Lipinski definition) is 2. The van der Waals surface area contributed by atoms with Crippen molar-refractivity contribution < 1.29 is 19.4 Å². The fourth-order valence-corrected chi connectivity index (χ4v) is 3.12. The van der Waals surface area contributed by atoms with E-state index in [1.807, 2.05) is 0 Å². The molecule has 1 heterocycles. The Labute approximate surface area is 128 Å². The number of aliphatic hydroxyl groups excluding tert-OH is 1. The number of halogens is 1. The number of rotatable bonds is 3. The van der Waals surface area contributed by atoms with Crippen molar-refractivity contribution >= 4 is 17.5 Å². The minimum absolute atomic E-state index is 0.119. The van der Waals surface area contributed by atoms with E-state index < -0.39 is 0 Å². The molecule has 21 heavy (non-hydrogen) atoms. The van der Waals surface area contributed by atoms with Gasteiger partial charge in [0, 0.05) is 18.0 Å². The van der Waals surface area contributed by atoms with E-state index in [1.54, 1.807) is 12.1 Å². The van der Waals surface area contributed by atoms with Crippen molar-refractivity contribution in [2.75, 3.05) is 13.3 Å². The van der Waals surface area contributed by atoms with Crippen LogP contribution in [0.5, 0.6) is 11.5 Å². The van der Waals surface area contributed by atoms with E-state index in [0.717, 1.165) is 25.7 Å². The third-order valence-corrected chi connectivity index (χ3v) is 4.36. The number of nitrogens with one attached hydrogen (secondary N) is 1. The molecule has 1 amide bonds. The molecule has 2 atom stereocenters. The van der Waals surface area contributed by atoms with Crippen LogP contribution in [-0.4, -0.2) is 30.5 Å². The van der Waals surface area contributed by atoms with Crippen molar-refractivity contribution in [1.29, 1.82) is 0 Å². The molecule has 6 heteroatoms. The van der Waals surface area contributed by atoms with Crippen LogP contribution >= 0.6 is 11.6 Å². The zero-order valence-corrected chi connectivity index (χ0v) is 12.4. The highest BCUT2D eigenvalue weighted by atomic mass is 35.5. The van der Waals surface area contributed by atoms with E-state index in [4.69, 9.17) is 21.1 Å². The lowest BCUT2D eigenvalue weighted by molar-refractivity contribution is 0.0663. The van der Waals surface area contributed by atoms with Crippen molar-refractivity contribution in [1.82, 2.24) is 5.32 Å². The average molecular weight is 312 g/mol. The fourth-order valence-electron chi connectivity index (χ4n) is 2.85. The van der Waals surface area contributed by atoms with E-state index in [9.17, 15) is 9.90 Å². The van der Waals surface area contributed by atoms with Gasteiger partial charge in [-0.25, -0.2) is 0 Å². The SMILES string of the molecule is O=C(NCC1CCCCC1O)c1cc(Cl)c2c(c1)OCO2. The van der Waals surface area contributed by atoms with Gasteiger partial charge in [-0.1, -0.05) is 24.4 Å². The molecule has 1 aromatic carbocycles. The molecule has 1 saturated carbocycles. The molecular weight excluding hydrogens is 294 g/mol. The first-order valence-corrected chi connectivity index (χ1v) is 7.58. The number of benzene rings is 1. The number of amides is 1. The molecule has 2 aliphatic rings. The number of carbonyl (C=O) groups is 1. The quantitative estimate of drug-likeness (QED) is 0.899. The molecular formula is C15H18ClNO4. The summed E-state index contributed by atoms with van der Waals surface area (Å²) in [6.07, 6.45) is 3.61. The van der Waals surface area contributed by atoms with Crippen LogP contribution in [0.15, 0.2) is 12.1 Å². The molecule has 3 rings (SSSR count). The van der Waals surface area contributed by atoms with Crippen LogP contribution in [0.3, 0.4) is 0 Å². The van der Waals surface area contributed by atoms with E-state index in [2.05, 4.69) is 5.32 Å². The summed E-state index contributed by atoms with van der Waals surface area (Å²) in [5, 5.41) is 13.1. The Hall–Kier alpha value is -1.46. The van der Waals surface area contributed by atoms with Gasteiger partial charge in [-0.2, -0.15) is 0 Å². The predicted octanol–water partition coefficient (Wildman–Crippen LogP) is 2.35. The maximum absolute atomic E-state index is 12.2. The number of ether oxygens (including phenoxy) is 2. The monoisotopic (exact) mass is 311 g/mol. The van der Waals surface area contributed by atoms with Crippen LogP contribution in [0.2, 0.25) is 5.02 Å². The van der Waals surface area contributed by atoms with Crippen LogP contribution in [0.4, 0.5) is 0 Å². The number of hydrogen-bond acceptors (Lipinski definition) is 4. The van der Waals surface area contributed by atoms with Crippen molar-refractivity contribution in [3.05, 3.63) is 22.7 Å². The molecule has 0 aromatic heterocycles. The van der Waals surface area contributed by atoms with E-state index in [0.29, 0.717) is 28.6 Å². The molecule has 1 aliphatic heterocycles. The molecule has 2 N–H and O–H groups in total. The van der Waals surface area contributed by atoms with Crippen molar-refractivity contribution in [3.8, 4) is 11.5 Å². The van der Waals surface area contributed by atoms with Crippen LogP contribution in [-0.2, 0) is 0 Å². The van der Waals surface area contributed by atoms with Gasteiger partial charge in [-0.3, -0.25) is 4.79 Å². The van der Waals surface area contributed by atoms with E-state index in [-0.39, 0.29) is 24.7 Å². The molecule has 1 aliphatic carbocycles. The Kier molecular flexibility index (Phi) is 4.22. The second kappa shape index (κ2) is 6.12. The number of carbonyl (C=O) groups excluding carboxylic acids is 1. The Morgan fingerprint density at radius 2 is 2.14 bits per heavy atom. The molecule has 1 aromatic rings. The lowest BCUT2D eigenvalue weighted by Crippen LogP contribution is -2.36. The average Bonchev–Trinajstić information content (AvgIpc) is 2.95. The lowest BCUT2D eigenvalue weighted by Gasteiger charge is -2.27. The third kappa shape index (κ3) is 3.09. The molecule has 1 fully saturated rings. The summed E-state index contributed by atoms with van der Waals surface area (Å²) >= 11 is 6.07. The summed E-state index contributed by atoms with van der Waals surface area (Å²) in [7, 11) is 0. The first-order valence-electron chi connectivity index (χ1n) is 7.20. The first-order chi connectivity index (χ1) is 10.1. The van der Waals surface area contributed by atoms with Crippen molar-refractivity contribution in [2.45, 2.75) is 31.8 Å². The summed E-state index contributed by atoms with van der Waals surface area (Å²) in [6.45, 7) is 0.598. The zero-order chi connectivity index (χ0) is 14.8. The Morgan fingerprint density at radius 3 is 2.95 bits per heavy atom. The van der Waals surface area contributed by atoms with Gasteiger partial charge in [0.25, 0.3) is 5.91 Å². The van der Waals surface area contributed by atoms with E-state index in [1.165, 1.54) is 0 Å². The third-order valence-electron chi connectivity index (χ3n) is 4.08. The summed E-state index contributed by atoms with van der Waals surface area (Å²) in [6, 6.07) is 3.20. The number of fused-ring (bicyclic) bond motifs is 1. The van der Waals surface area contributed by atoms with E-state index >= 15 is 0 Å². The highest BCUT2D eigenvalue weighted by Crippen LogP contribution is 2.39. The van der Waals surface area contributed by atoms with Gasteiger partial charge in [0.1, 0.15) is 0 Å².